The van der Waals surface area contributed by atoms with Crippen LogP contribution in [0.5, 0.6) is 5.75 Å². The zero-order valence-corrected chi connectivity index (χ0v) is 16.3. The van der Waals surface area contributed by atoms with Gasteiger partial charge in [0.05, 0.1) is 4.90 Å². The molecule has 4 nitrogen and oxygen atoms in total. The van der Waals surface area contributed by atoms with Crippen LogP contribution in [-0.2, 0) is 6.54 Å². The molecular weight excluding hydrogens is 392 g/mol. The minimum Gasteiger partial charge on any atom is -0.508 e. The topological polar surface area (TPSA) is 65.1 Å². The summed E-state index contributed by atoms with van der Waals surface area (Å²) in [4.78, 5) is 18.0. The molecule has 4 rings (SSSR count). The van der Waals surface area contributed by atoms with E-state index in [2.05, 4.69) is 10.3 Å². The van der Waals surface area contributed by atoms with Gasteiger partial charge in [-0.25, -0.2) is 0 Å². The zero-order chi connectivity index (χ0) is 19.5. The van der Waals surface area contributed by atoms with Gasteiger partial charge in [0, 0.05) is 27.4 Å². The van der Waals surface area contributed by atoms with Crippen LogP contribution >= 0.6 is 23.4 Å². The molecule has 0 aliphatic rings. The van der Waals surface area contributed by atoms with Gasteiger partial charge in [0.25, 0.3) is 5.91 Å². The van der Waals surface area contributed by atoms with E-state index >= 15 is 0 Å². The minimum atomic E-state index is -0.214. The van der Waals surface area contributed by atoms with Gasteiger partial charge in [-0.2, -0.15) is 0 Å². The number of hydrogen-bond donors (Lipinski definition) is 3. The number of hydrogen-bond acceptors (Lipinski definition) is 3. The molecule has 0 unspecified atom stereocenters. The van der Waals surface area contributed by atoms with E-state index in [1.54, 1.807) is 24.3 Å². The predicted molar refractivity (Wildman–Crippen MR) is 113 cm³/mol. The molecule has 1 amide bonds. The molecule has 6 heteroatoms. The number of fused-ring (bicyclic) bond motifs is 1. The Morgan fingerprint density at radius 3 is 2.64 bits per heavy atom. The van der Waals surface area contributed by atoms with Crippen molar-refractivity contribution in [3.05, 3.63) is 89.1 Å². The molecule has 3 aromatic carbocycles. The zero-order valence-electron chi connectivity index (χ0n) is 14.8. The molecule has 0 saturated heterocycles. The van der Waals surface area contributed by atoms with E-state index in [1.165, 1.54) is 11.8 Å². The van der Waals surface area contributed by atoms with Crippen LogP contribution in [0, 0.1) is 0 Å². The van der Waals surface area contributed by atoms with Crippen LogP contribution in [-0.4, -0.2) is 16.0 Å². The van der Waals surface area contributed by atoms with Gasteiger partial charge >= 0.3 is 0 Å². The normalized spacial score (nSPS) is 10.9. The second-order valence-electron chi connectivity index (χ2n) is 6.29. The van der Waals surface area contributed by atoms with Crippen molar-refractivity contribution in [2.75, 3.05) is 0 Å². The Kier molecular flexibility index (Phi) is 5.28. The Morgan fingerprint density at radius 1 is 1.04 bits per heavy atom. The van der Waals surface area contributed by atoms with Crippen LogP contribution in [0.2, 0.25) is 5.02 Å². The van der Waals surface area contributed by atoms with Gasteiger partial charge in [-0.3, -0.25) is 4.79 Å². The molecule has 0 aliphatic carbocycles. The van der Waals surface area contributed by atoms with Crippen LogP contribution in [0.4, 0.5) is 0 Å². The van der Waals surface area contributed by atoms with Gasteiger partial charge in [-0.05, 0) is 48.0 Å². The fourth-order valence-electron chi connectivity index (χ4n) is 2.95. The highest BCUT2D eigenvalue weighted by atomic mass is 35.5. The summed E-state index contributed by atoms with van der Waals surface area (Å²) >= 11 is 7.71. The maximum atomic E-state index is 12.9. The number of H-pyrrole nitrogens is 1. The molecule has 28 heavy (non-hydrogen) atoms. The predicted octanol–water partition coefficient (Wildman–Crippen LogP) is 5.61. The number of benzene rings is 3. The number of aromatic hydroxyl groups is 1. The Labute approximate surface area is 171 Å². The Balaban J connectivity index is 1.67. The lowest BCUT2D eigenvalue weighted by Crippen LogP contribution is -2.23. The average molecular weight is 409 g/mol. The second kappa shape index (κ2) is 8.00. The molecule has 0 bridgehead atoms. The molecule has 3 N–H and O–H groups in total. The number of carbonyl (C=O) groups excluding carboxylic acids is 1. The molecule has 4 aromatic rings. The molecule has 1 aromatic heterocycles. The maximum absolute atomic E-state index is 12.9. The van der Waals surface area contributed by atoms with Gasteiger partial charge < -0.3 is 15.4 Å². The minimum absolute atomic E-state index is 0.173. The quantitative estimate of drug-likeness (QED) is 0.402. The molecule has 0 radical (unpaired) electrons. The summed E-state index contributed by atoms with van der Waals surface area (Å²) in [5.74, 6) is -0.0404. The van der Waals surface area contributed by atoms with Gasteiger partial charge in [-0.1, -0.05) is 53.7 Å². The van der Waals surface area contributed by atoms with E-state index < -0.39 is 0 Å². The number of phenols is 1. The van der Waals surface area contributed by atoms with Crippen LogP contribution in [0.3, 0.4) is 0 Å². The van der Waals surface area contributed by atoms with Gasteiger partial charge in [-0.15, -0.1) is 0 Å². The highest BCUT2D eigenvalue weighted by Gasteiger charge is 2.19. The first kappa shape index (κ1) is 18.5. The number of aromatic nitrogens is 1. The smallest absolute Gasteiger partial charge is 0.269 e. The lowest BCUT2D eigenvalue weighted by molar-refractivity contribution is 0.0944. The third-order valence-corrected chi connectivity index (χ3v) is 5.64. The summed E-state index contributed by atoms with van der Waals surface area (Å²) < 4.78 is 0. The van der Waals surface area contributed by atoms with Crippen molar-refractivity contribution in [2.45, 2.75) is 16.3 Å². The number of carbonyl (C=O) groups is 1. The first-order valence-corrected chi connectivity index (χ1v) is 9.90. The molecule has 0 atom stereocenters. The molecule has 0 saturated carbocycles. The highest BCUT2D eigenvalue weighted by Crippen LogP contribution is 2.37. The van der Waals surface area contributed by atoms with Gasteiger partial charge in [0.2, 0.25) is 0 Å². The SMILES string of the molecule is O=C(NCc1cccc(O)c1)c1[nH]c2ccc(Cl)cc2c1Sc1ccccc1. The lowest BCUT2D eigenvalue weighted by Gasteiger charge is -2.07. The standard InChI is InChI=1S/C22H17ClN2O2S/c23-15-9-10-19-18(12-15)21(28-17-7-2-1-3-8-17)20(25-19)22(27)24-13-14-5-4-6-16(26)11-14/h1-12,25-26H,13H2,(H,24,27). The van der Waals surface area contributed by atoms with E-state index in [4.69, 9.17) is 11.6 Å². The van der Waals surface area contributed by atoms with Crippen LogP contribution in [0.1, 0.15) is 16.1 Å². The molecule has 0 aliphatic heterocycles. The fourth-order valence-corrected chi connectivity index (χ4v) is 4.17. The van der Waals surface area contributed by atoms with E-state index in [1.807, 2.05) is 48.5 Å². The Morgan fingerprint density at radius 2 is 1.86 bits per heavy atom. The average Bonchev–Trinajstić information content (AvgIpc) is 3.05. The first-order valence-electron chi connectivity index (χ1n) is 8.70. The van der Waals surface area contributed by atoms with Crippen LogP contribution < -0.4 is 5.32 Å². The van der Waals surface area contributed by atoms with Crippen molar-refractivity contribution in [2.24, 2.45) is 0 Å². The van der Waals surface area contributed by atoms with Crippen LogP contribution in [0.25, 0.3) is 10.9 Å². The molecule has 1 heterocycles. The third kappa shape index (κ3) is 4.01. The van der Waals surface area contributed by atoms with Crippen molar-refractivity contribution in [3.63, 3.8) is 0 Å². The van der Waals surface area contributed by atoms with E-state index in [0.717, 1.165) is 26.3 Å². The monoisotopic (exact) mass is 408 g/mol. The molecular formula is C22H17ClN2O2S. The van der Waals surface area contributed by atoms with E-state index in [0.29, 0.717) is 17.3 Å². The summed E-state index contributed by atoms with van der Waals surface area (Å²) in [6.07, 6.45) is 0. The molecule has 140 valence electrons. The number of rotatable bonds is 5. The van der Waals surface area contributed by atoms with E-state index in [-0.39, 0.29) is 11.7 Å². The Bertz CT molecular complexity index is 1140. The van der Waals surface area contributed by atoms with Crippen molar-refractivity contribution < 1.29 is 9.90 Å². The van der Waals surface area contributed by atoms with E-state index in [9.17, 15) is 9.90 Å². The number of halogens is 1. The third-order valence-electron chi connectivity index (χ3n) is 4.27. The summed E-state index contributed by atoms with van der Waals surface area (Å²) in [5, 5.41) is 14.0. The number of amides is 1. The van der Waals surface area contributed by atoms with Crippen LogP contribution in [0.15, 0.2) is 82.6 Å². The molecule has 0 spiro atoms. The number of aromatic amines is 1. The fraction of sp³-hybridized carbons (Fsp3) is 0.0455. The van der Waals surface area contributed by atoms with Crippen molar-refractivity contribution >= 4 is 40.2 Å². The second-order valence-corrected chi connectivity index (χ2v) is 7.81. The summed E-state index contributed by atoms with van der Waals surface area (Å²) in [6, 6.07) is 22.3. The highest BCUT2D eigenvalue weighted by molar-refractivity contribution is 7.99. The number of phenolic OH excluding ortho intramolecular Hbond substituents is 1. The first-order chi connectivity index (χ1) is 13.6. The summed E-state index contributed by atoms with van der Waals surface area (Å²) in [7, 11) is 0. The summed E-state index contributed by atoms with van der Waals surface area (Å²) in [6.45, 7) is 0.318. The molecule has 0 fully saturated rings. The lowest BCUT2D eigenvalue weighted by atomic mass is 10.2. The number of nitrogens with one attached hydrogen (secondary N) is 2. The summed E-state index contributed by atoms with van der Waals surface area (Å²) in [5.41, 5.74) is 2.17. The van der Waals surface area contributed by atoms with Crippen molar-refractivity contribution in [3.8, 4) is 5.75 Å². The van der Waals surface area contributed by atoms with Crippen molar-refractivity contribution in [1.82, 2.24) is 10.3 Å². The Hall–Kier alpha value is -2.89. The van der Waals surface area contributed by atoms with Crippen molar-refractivity contribution in [1.29, 1.82) is 0 Å². The maximum Gasteiger partial charge on any atom is 0.269 e. The van der Waals surface area contributed by atoms with Gasteiger partial charge in [0.1, 0.15) is 11.4 Å². The largest absolute Gasteiger partial charge is 0.508 e. The van der Waals surface area contributed by atoms with Gasteiger partial charge in [0.15, 0.2) is 0 Å².